The molecule has 1 aromatic carbocycles. The topological polar surface area (TPSA) is 29.5 Å². The van der Waals surface area contributed by atoms with Crippen LogP contribution in [0.15, 0.2) is 24.3 Å². The van der Waals surface area contributed by atoms with E-state index in [4.69, 9.17) is 4.74 Å². The molecule has 0 aromatic heterocycles. The van der Waals surface area contributed by atoms with E-state index in [1.54, 1.807) is 0 Å². The fourth-order valence-corrected chi connectivity index (χ4v) is 1.69. The lowest BCUT2D eigenvalue weighted by Crippen LogP contribution is -2.12. The Bertz CT molecular complexity index is 320. The molecule has 0 aliphatic rings. The van der Waals surface area contributed by atoms with Crippen molar-refractivity contribution >= 4 is 0 Å². The van der Waals surface area contributed by atoms with Gasteiger partial charge in [-0.3, -0.25) is 0 Å². The van der Waals surface area contributed by atoms with E-state index in [-0.39, 0.29) is 6.10 Å². The van der Waals surface area contributed by atoms with Gasteiger partial charge in [0.1, 0.15) is 5.75 Å². The molecule has 0 saturated carbocycles. The second-order valence-electron chi connectivity index (χ2n) is 5.08. The molecule has 0 saturated heterocycles. The molecule has 0 aliphatic carbocycles. The number of hydrogen-bond acceptors (Lipinski definition) is 2. The third-order valence-electron chi connectivity index (χ3n) is 2.79. The number of hydrogen-bond donors (Lipinski definition) is 1. The Balaban J connectivity index is 2.19. The lowest BCUT2D eigenvalue weighted by molar-refractivity contribution is 0.125. The van der Waals surface area contributed by atoms with Gasteiger partial charge in [-0.25, -0.2) is 0 Å². The minimum absolute atomic E-state index is 0.234. The minimum atomic E-state index is -0.234. The summed E-state index contributed by atoms with van der Waals surface area (Å²) >= 11 is 0. The Labute approximate surface area is 105 Å². The van der Waals surface area contributed by atoms with Gasteiger partial charge in [0.2, 0.25) is 0 Å². The van der Waals surface area contributed by atoms with Crippen molar-refractivity contribution in [2.75, 3.05) is 6.61 Å². The highest BCUT2D eigenvalue weighted by Crippen LogP contribution is 2.14. The van der Waals surface area contributed by atoms with Crippen LogP contribution in [0.25, 0.3) is 0 Å². The van der Waals surface area contributed by atoms with Crippen LogP contribution >= 0.6 is 0 Å². The second-order valence-corrected chi connectivity index (χ2v) is 5.08. The normalized spacial score (nSPS) is 12.8. The molecular weight excluding hydrogens is 212 g/mol. The van der Waals surface area contributed by atoms with Crippen molar-refractivity contribution in [2.45, 2.75) is 46.1 Å². The van der Waals surface area contributed by atoms with Gasteiger partial charge < -0.3 is 9.84 Å². The van der Waals surface area contributed by atoms with Crippen LogP contribution in [0.3, 0.4) is 0 Å². The van der Waals surface area contributed by atoms with Gasteiger partial charge in [0, 0.05) is 6.42 Å². The van der Waals surface area contributed by atoms with Crippen LogP contribution in [0.2, 0.25) is 0 Å². The smallest absolute Gasteiger partial charge is 0.119 e. The van der Waals surface area contributed by atoms with Crippen molar-refractivity contribution in [3.63, 3.8) is 0 Å². The summed E-state index contributed by atoms with van der Waals surface area (Å²) in [4.78, 5) is 0. The highest BCUT2D eigenvalue weighted by atomic mass is 16.5. The molecule has 1 aromatic rings. The Morgan fingerprint density at radius 2 is 1.94 bits per heavy atom. The number of aliphatic hydroxyl groups excluding tert-OH is 1. The highest BCUT2D eigenvalue weighted by Gasteiger charge is 2.05. The quantitative estimate of drug-likeness (QED) is 0.784. The third kappa shape index (κ3) is 6.32. The molecule has 0 amide bonds. The third-order valence-corrected chi connectivity index (χ3v) is 2.79. The van der Waals surface area contributed by atoms with E-state index >= 15 is 0 Å². The van der Waals surface area contributed by atoms with Crippen LogP contribution < -0.4 is 4.74 Å². The van der Waals surface area contributed by atoms with Gasteiger partial charge in [0.25, 0.3) is 0 Å². The summed E-state index contributed by atoms with van der Waals surface area (Å²) in [6.45, 7) is 6.99. The molecule has 96 valence electrons. The fraction of sp³-hybridized carbons (Fsp3) is 0.600. The zero-order valence-electron chi connectivity index (χ0n) is 11.1. The zero-order valence-corrected chi connectivity index (χ0v) is 11.1. The van der Waals surface area contributed by atoms with Crippen molar-refractivity contribution in [2.24, 2.45) is 5.92 Å². The van der Waals surface area contributed by atoms with Gasteiger partial charge in [-0.05, 0) is 43.4 Å². The SMILES string of the molecule is Cc1cccc(OCCC(O)CCC(C)C)c1. The van der Waals surface area contributed by atoms with Crippen molar-refractivity contribution in [1.82, 2.24) is 0 Å². The molecule has 0 spiro atoms. The first kappa shape index (κ1) is 14.0. The molecule has 2 heteroatoms. The molecule has 0 radical (unpaired) electrons. The first-order valence-electron chi connectivity index (χ1n) is 6.45. The lowest BCUT2D eigenvalue weighted by Gasteiger charge is -2.13. The maximum atomic E-state index is 9.75. The van der Waals surface area contributed by atoms with Gasteiger partial charge in [-0.15, -0.1) is 0 Å². The van der Waals surface area contributed by atoms with Gasteiger partial charge in [0.05, 0.1) is 12.7 Å². The minimum Gasteiger partial charge on any atom is -0.493 e. The van der Waals surface area contributed by atoms with Gasteiger partial charge in [-0.1, -0.05) is 26.0 Å². The van der Waals surface area contributed by atoms with Crippen LogP contribution in [-0.4, -0.2) is 17.8 Å². The second kappa shape index (κ2) is 7.33. The molecule has 0 heterocycles. The molecular formula is C15H24O2. The first-order chi connectivity index (χ1) is 8.08. The molecule has 1 atom stereocenters. The predicted octanol–water partition coefficient (Wildman–Crippen LogP) is 3.56. The number of aliphatic hydroxyl groups is 1. The number of aryl methyl sites for hydroxylation is 1. The highest BCUT2D eigenvalue weighted by molar-refractivity contribution is 5.27. The van der Waals surface area contributed by atoms with Crippen molar-refractivity contribution in [3.8, 4) is 5.75 Å². The molecule has 1 rings (SSSR count). The first-order valence-corrected chi connectivity index (χ1v) is 6.45. The van der Waals surface area contributed by atoms with E-state index in [0.717, 1.165) is 18.6 Å². The van der Waals surface area contributed by atoms with E-state index in [0.29, 0.717) is 18.9 Å². The number of ether oxygens (including phenoxy) is 1. The Morgan fingerprint density at radius 1 is 1.18 bits per heavy atom. The fourth-order valence-electron chi connectivity index (χ4n) is 1.69. The Kier molecular flexibility index (Phi) is 6.06. The van der Waals surface area contributed by atoms with E-state index in [1.165, 1.54) is 5.56 Å². The standard InChI is InChI=1S/C15H24O2/c1-12(2)7-8-14(16)9-10-17-15-6-4-5-13(3)11-15/h4-6,11-12,14,16H,7-10H2,1-3H3. The van der Waals surface area contributed by atoms with Crippen LogP contribution in [0.5, 0.6) is 5.75 Å². The monoisotopic (exact) mass is 236 g/mol. The molecule has 0 bridgehead atoms. The van der Waals surface area contributed by atoms with Crippen molar-refractivity contribution < 1.29 is 9.84 Å². The summed E-state index contributed by atoms with van der Waals surface area (Å²) in [6.07, 6.45) is 2.42. The average molecular weight is 236 g/mol. The maximum absolute atomic E-state index is 9.75. The van der Waals surface area contributed by atoms with Crippen LogP contribution in [0.1, 0.15) is 38.7 Å². The largest absolute Gasteiger partial charge is 0.493 e. The summed E-state index contributed by atoms with van der Waals surface area (Å²) in [5.41, 5.74) is 1.20. The summed E-state index contributed by atoms with van der Waals surface area (Å²) in [5.74, 6) is 1.54. The molecule has 1 unspecified atom stereocenters. The summed E-state index contributed by atoms with van der Waals surface area (Å²) in [7, 11) is 0. The number of benzene rings is 1. The van der Waals surface area contributed by atoms with E-state index < -0.39 is 0 Å². The maximum Gasteiger partial charge on any atom is 0.119 e. The average Bonchev–Trinajstić information content (AvgIpc) is 2.26. The van der Waals surface area contributed by atoms with Crippen LogP contribution in [0.4, 0.5) is 0 Å². The van der Waals surface area contributed by atoms with Gasteiger partial charge in [0.15, 0.2) is 0 Å². The van der Waals surface area contributed by atoms with E-state index in [9.17, 15) is 5.11 Å². The summed E-state index contributed by atoms with van der Waals surface area (Å²) < 4.78 is 5.60. The molecule has 1 N–H and O–H groups in total. The molecule has 2 nitrogen and oxygen atoms in total. The van der Waals surface area contributed by atoms with Crippen molar-refractivity contribution in [3.05, 3.63) is 29.8 Å². The zero-order chi connectivity index (χ0) is 12.7. The van der Waals surface area contributed by atoms with E-state index in [1.807, 2.05) is 31.2 Å². The molecule has 17 heavy (non-hydrogen) atoms. The Hall–Kier alpha value is -1.02. The lowest BCUT2D eigenvalue weighted by atomic mass is 10.0. The van der Waals surface area contributed by atoms with Gasteiger partial charge >= 0.3 is 0 Å². The van der Waals surface area contributed by atoms with Crippen molar-refractivity contribution in [1.29, 1.82) is 0 Å². The molecule has 0 aliphatic heterocycles. The Morgan fingerprint density at radius 3 is 2.59 bits per heavy atom. The van der Waals surface area contributed by atoms with Gasteiger partial charge in [-0.2, -0.15) is 0 Å². The summed E-state index contributed by atoms with van der Waals surface area (Å²) in [5, 5.41) is 9.75. The van der Waals surface area contributed by atoms with Crippen LogP contribution in [0, 0.1) is 12.8 Å². The van der Waals surface area contributed by atoms with Crippen LogP contribution in [-0.2, 0) is 0 Å². The predicted molar refractivity (Wildman–Crippen MR) is 71.4 cm³/mol. The summed E-state index contributed by atoms with van der Waals surface area (Å²) in [6, 6.07) is 8.00. The molecule has 0 fully saturated rings. The van der Waals surface area contributed by atoms with E-state index in [2.05, 4.69) is 13.8 Å². The number of rotatable bonds is 7.